The number of benzene rings is 2. The fourth-order valence-corrected chi connectivity index (χ4v) is 2.43. The number of hydrogen-bond donors (Lipinski definition) is 1. The number of nitro benzene ring substituents is 1. The number of carbonyl (C=O) groups excluding carboxylic acids is 1. The summed E-state index contributed by atoms with van der Waals surface area (Å²) in [6, 6.07) is 9.51. The van der Waals surface area contributed by atoms with E-state index in [1.807, 2.05) is 32.9 Å². The number of nitrogens with zero attached hydrogens (tertiary/aromatic N) is 1. The van der Waals surface area contributed by atoms with Crippen LogP contribution in [0.3, 0.4) is 0 Å². The van der Waals surface area contributed by atoms with E-state index in [1.54, 1.807) is 6.07 Å². The van der Waals surface area contributed by atoms with Crippen LogP contribution >= 0.6 is 11.6 Å². The summed E-state index contributed by atoms with van der Waals surface area (Å²) in [7, 11) is 0. The first kappa shape index (κ1) is 18.7. The van der Waals surface area contributed by atoms with Gasteiger partial charge in [-0.05, 0) is 43.5 Å². The Kier molecular flexibility index (Phi) is 5.98. The third-order valence-electron chi connectivity index (χ3n) is 3.91. The molecule has 1 atom stereocenters. The normalized spacial score (nSPS) is 11.7. The fraction of sp³-hybridized carbons (Fsp3) is 0.278. The van der Waals surface area contributed by atoms with Crippen molar-refractivity contribution in [2.24, 2.45) is 0 Å². The lowest BCUT2D eigenvalue weighted by atomic mass is 10.1. The molecule has 2 aromatic carbocycles. The van der Waals surface area contributed by atoms with Crippen LogP contribution in [0.25, 0.3) is 0 Å². The summed E-state index contributed by atoms with van der Waals surface area (Å²) in [6.07, 6.45) is -0.304. The van der Waals surface area contributed by atoms with Gasteiger partial charge >= 0.3 is 0 Å². The first-order valence-electron chi connectivity index (χ1n) is 7.81. The molecule has 0 bridgehead atoms. The summed E-state index contributed by atoms with van der Waals surface area (Å²) < 4.78 is 5.84. The molecule has 0 aliphatic carbocycles. The Morgan fingerprint density at radius 3 is 2.68 bits per heavy atom. The van der Waals surface area contributed by atoms with E-state index in [0.29, 0.717) is 12.2 Å². The summed E-state index contributed by atoms with van der Waals surface area (Å²) >= 11 is 6.02. The number of rotatable bonds is 6. The van der Waals surface area contributed by atoms with E-state index in [1.165, 1.54) is 18.2 Å². The number of anilines is 1. The Morgan fingerprint density at radius 2 is 2.04 bits per heavy atom. The molecule has 0 spiro atoms. The van der Waals surface area contributed by atoms with Crippen LogP contribution in [0.4, 0.5) is 11.4 Å². The van der Waals surface area contributed by atoms with E-state index in [4.69, 9.17) is 16.3 Å². The summed E-state index contributed by atoms with van der Waals surface area (Å²) in [5.74, 6) is 0.220. The number of amides is 1. The monoisotopic (exact) mass is 362 g/mol. The largest absolute Gasteiger partial charge is 0.480 e. The van der Waals surface area contributed by atoms with Crippen LogP contribution in [0.5, 0.6) is 5.75 Å². The minimum Gasteiger partial charge on any atom is -0.480 e. The highest BCUT2D eigenvalue weighted by Gasteiger charge is 2.21. The Bertz CT molecular complexity index is 808. The molecule has 0 unspecified atom stereocenters. The summed E-state index contributed by atoms with van der Waals surface area (Å²) in [5, 5.41) is 13.7. The summed E-state index contributed by atoms with van der Waals surface area (Å²) in [6.45, 7) is 5.71. The maximum absolute atomic E-state index is 12.5. The van der Waals surface area contributed by atoms with E-state index in [-0.39, 0.29) is 16.4 Å². The van der Waals surface area contributed by atoms with Gasteiger partial charge in [-0.2, -0.15) is 0 Å². The average molecular weight is 363 g/mol. The van der Waals surface area contributed by atoms with Crippen LogP contribution in [0.15, 0.2) is 36.4 Å². The lowest BCUT2D eigenvalue weighted by Crippen LogP contribution is -2.32. The number of non-ortho nitro benzene ring substituents is 1. The molecule has 0 saturated carbocycles. The number of carbonyl (C=O) groups is 1. The SMILES string of the molecule is CC[C@H](Oc1cccc(C)c1C)C(=O)Nc1cc([N+](=O)[O-])ccc1Cl. The lowest BCUT2D eigenvalue weighted by Gasteiger charge is -2.19. The van der Waals surface area contributed by atoms with Gasteiger partial charge in [0.15, 0.2) is 6.10 Å². The van der Waals surface area contributed by atoms with Crippen LogP contribution < -0.4 is 10.1 Å². The summed E-state index contributed by atoms with van der Waals surface area (Å²) in [5.41, 5.74) is 2.06. The predicted molar refractivity (Wildman–Crippen MR) is 97.4 cm³/mol. The van der Waals surface area contributed by atoms with Crippen molar-refractivity contribution >= 4 is 28.9 Å². The first-order valence-corrected chi connectivity index (χ1v) is 8.19. The zero-order chi connectivity index (χ0) is 18.6. The molecule has 0 fully saturated rings. The highest BCUT2D eigenvalue weighted by molar-refractivity contribution is 6.33. The summed E-state index contributed by atoms with van der Waals surface area (Å²) in [4.78, 5) is 22.8. The predicted octanol–water partition coefficient (Wildman–Crippen LogP) is 4.66. The Hall–Kier alpha value is -2.60. The molecule has 0 aliphatic heterocycles. The molecule has 132 valence electrons. The van der Waals surface area contributed by atoms with Crippen molar-refractivity contribution < 1.29 is 14.5 Å². The van der Waals surface area contributed by atoms with E-state index >= 15 is 0 Å². The second-order valence-electron chi connectivity index (χ2n) is 5.62. The maximum atomic E-state index is 12.5. The molecule has 2 aromatic rings. The Morgan fingerprint density at radius 1 is 1.32 bits per heavy atom. The van der Waals surface area contributed by atoms with Crippen LogP contribution in [0.1, 0.15) is 24.5 Å². The van der Waals surface area contributed by atoms with Crippen LogP contribution in [-0.4, -0.2) is 16.9 Å². The lowest BCUT2D eigenvalue weighted by molar-refractivity contribution is -0.384. The molecule has 0 radical (unpaired) electrons. The molecule has 1 amide bonds. The molecule has 1 N–H and O–H groups in total. The van der Waals surface area contributed by atoms with Gasteiger partial charge in [-0.1, -0.05) is 30.7 Å². The van der Waals surface area contributed by atoms with Crippen LogP contribution in [0.2, 0.25) is 5.02 Å². The molecule has 0 aromatic heterocycles. The van der Waals surface area contributed by atoms with E-state index in [0.717, 1.165) is 11.1 Å². The molecular formula is C18H19ClN2O4. The molecule has 25 heavy (non-hydrogen) atoms. The number of aryl methyl sites for hydroxylation is 1. The Balaban J connectivity index is 2.19. The topological polar surface area (TPSA) is 81.5 Å². The Labute approximate surface area is 150 Å². The second-order valence-corrected chi connectivity index (χ2v) is 6.03. The molecule has 0 heterocycles. The zero-order valence-corrected chi connectivity index (χ0v) is 15.0. The zero-order valence-electron chi connectivity index (χ0n) is 14.2. The smallest absolute Gasteiger partial charge is 0.271 e. The van der Waals surface area contributed by atoms with Crippen molar-refractivity contribution in [3.05, 3.63) is 62.7 Å². The van der Waals surface area contributed by atoms with Crippen LogP contribution in [-0.2, 0) is 4.79 Å². The quantitative estimate of drug-likeness (QED) is 0.598. The van der Waals surface area contributed by atoms with Gasteiger partial charge in [-0.25, -0.2) is 0 Å². The molecule has 0 aliphatic rings. The van der Waals surface area contributed by atoms with Crippen molar-refractivity contribution in [2.45, 2.75) is 33.3 Å². The van der Waals surface area contributed by atoms with Crippen LogP contribution in [0, 0.1) is 24.0 Å². The third-order valence-corrected chi connectivity index (χ3v) is 4.24. The van der Waals surface area contributed by atoms with Crippen molar-refractivity contribution in [3.8, 4) is 5.75 Å². The first-order chi connectivity index (χ1) is 11.8. The standard InChI is InChI=1S/C18H19ClN2O4/c1-4-16(25-17-7-5-6-11(2)12(17)3)18(22)20-15-10-13(21(23)24)8-9-14(15)19/h5-10,16H,4H2,1-3H3,(H,20,22)/t16-/m0/s1. The van der Waals surface area contributed by atoms with Gasteiger partial charge < -0.3 is 10.1 Å². The molecule has 2 rings (SSSR count). The van der Waals surface area contributed by atoms with E-state index in [9.17, 15) is 14.9 Å². The number of halogens is 1. The van der Waals surface area contributed by atoms with Gasteiger partial charge in [0.25, 0.3) is 11.6 Å². The van der Waals surface area contributed by atoms with Crippen molar-refractivity contribution in [1.82, 2.24) is 0 Å². The van der Waals surface area contributed by atoms with E-state index < -0.39 is 16.9 Å². The van der Waals surface area contributed by atoms with Gasteiger partial charge in [0, 0.05) is 12.1 Å². The minimum atomic E-state index is -0.740. The van der Waals surface area contributed by atoms with Gasteiger partial charge in [0.2, 0.25) is 0 Å². The molecule has 6 nitrogen and oxygen atoms in total. The van der Waals surface area contributed by atoms with Gasteiger partial charge in [0.05, 0.1) is 15.6 Å². The van der Waals surface area contributed by atoms with Crippen molar-refractivity contribution in [2.75, 3.05) is 5.32 Å². The van der Waals surface area contributed by atoms with Gasteiger partial charge in [-0.3, -0.25) is 14.9 Å². The minimum absolute atomic E-state index is 0.150. The second kappa shape index (κ2) is 7.98. The molecule has 7 heteroatoms. The number of nitrogens with one attached hydrogen (secondary N) is 1. The average Bonchev–Trinajstić information content (AvgIpc) is 2.57. The molecule has 0 saturated heterocycles. The highest BCUT2D eigenvalue weighted by atomic mass is 35.5. The fourth-order valence-electron chi connectivity index (χ4n) is 2.26. The highest BCUT2D eigenvalue weighted by Crippen LogP contribution is 2.28. The maximum Gasteiger partial charge on any atom is 0.271 e. The number of hydrogen-bond acceptors (Lipinski definition) is 4. The van der Waals surface area contributed by atoms with Crippen molar-refractivity contribution in [3.63, 3.8) is 0 Å². The van der Waals surface area contributed by atoms with Gasteiger partial charge in [-0.15, -0.1) is 0 Å². The molecular weight excluding hydrogens is 344 g/mol. The van der Waals surface area contributed by atoms with E-state index in [2.05, 4.69) is 5.32 Å². The number of nitro groups is 1. The van der Waals surface area contributed by atoms with Crippen molar-refractivity contribution in [1.29, 1.82) is 0 Å². The third kappa shape index (κ3) is 4.48. The number of ether oxygens (including phenoxy) is 1. The van der Waals surface area contributed by atoms with Gasteiger partial charge in [0.1, 0.15) is 5.75 Å².